The summed E-state index contributed by atoms with van der Waals surface area (Å²) in [6.07, 6.45) is -0.308. The van der Waals surface area contributed by atoms with E-state index < -0.39 is 5.60 Å². The van der Waals surface area contributed by atoms with Gasteiger partial charge in [0.2, 0.25) is 0 Å². The van der Waals surface area contributed by atoms with Crippen molar-refractivity contribution in [2.75, 3.05) is 13.2 Å². The van der Waals surface area contributed by atoms with E-state index in [2.05, 4.69) is 5.32 Å². The average molecular weight is 199 g/mol. The predicted octanol–water partition coefficient (Wildman–Crippen LogP) is 1.16. The first-order valence-corrected chi connectivity index (χ1v) is 5.04. The largest absolute Gasteiger partial charge is 0.444 e. The molecule has 1 saturated heterocycles. The van der Waals surface area contributed by atoms with Gasteiger partial charge in [-0.3, -0.25) is 0 Å². The first-order valence-electron chi connectivity index (χ1n) is 5.04. The quantitative estimate of drug-likeness (QED) is 0.689. The highest BCUT2D eigenvalue weighted by atomic mass is 16.6. The Morgan fingerprint density at radius 3 is 2.43 bits per heavy atom. The SMILES string of the molecule is CC(C)(C)OC(=O)NC1C2COCC21. The maximum atomic E-state index is 11.4. The number of fused-ring (bicyclic) bond motifs is 1. The van der Waals surface area contributed by atoms with Gasteiger partial charge in [-0.2, -0.15) is 0 Å². The Hall–Kier alpha value is -0.770. The van der Waals surface area contributed by atoms with Crippen LogP contribution in [0.4, 0.5) is 4.79 Å². The molecule has 2 unspecified atom stereocenters. The van der Waals surface area contributed by atoms with Gasteiger partial charge in [-0.1, -0.05) is 0 Å². The maximum Gasteiger partial charge on any atom is 0.407 e. The van der Waals surface area contributed by atoms with Gasteiger partial charge in [-0.15, -0.1) is 0 Å². The van der Waals surface area contributed by atoms with E-state index in [0.29, 0.717) is 17.9 Å². The summed E-state index contributed by atoms with van der Waals surface area (Å²) in [5.41, 5.74) is -0.412. The second-order valence-electron chi connectivity index (χ2n) is 5.04. The average Bonchev–Trinajstić information content (AvgIpc) is 2.50. The molecule has 0 aromatic carbocycles. The third-order valence-corrected chi connectivity index (χ3v) is 2.64. The highest BCUT2D eigenvalue weighted by molar-refractivity contribution is 5.68. The minimum atomic E-state index is -0.412. The third-order valence-electron chi connectivity index (χ3n) is 2.64. The monoisotopic (exact) mass is 199 g/mol. The van der Waals surface area contributed by atoms with Gasteiger partial charge in [-0.25, -0.2) is 4.79 Å². The zero-order valence-electron chi connectivity index (χ0n) is 8.87. The van der Waals surface area contributed by atoms with Gasteiger partial charge >= 0.3 is 6.09 Å². The molecule has 0 aromatic rings. The molecule has 0 radical (unpaired) electrons. The normalized spacial score (nSPS) is 34.9. The Bertz CT molecular complexity index is 236. The second kappa shape index (κ2) is 3.12. The molecule has 1 aliphatic carbocycles. The molecule has 1 N–H and O–H groups in total. The molecule has 1 amide bonds. The smallest absolute Gasteiger partial charge is 0.407 e. The van der Waals surface area contributed by atoms with Gasteiger partial charge in [0.1, 0.15) is 5.60 Å². The van der Waals surface area contributed by atoms with Crippen LogP contribution in [0.5, 0.6) is 0 Å². The van der Waals surface area contributed by atoms with Crippen molar-refractivity contribution in [1.82, 2.24) is 5.32 Å². The van der Waals surface area contributed by atoms with Gasteiger partial charge < -0.3 is 14.8 Å². The number of amides is 1. The first kappa shape index (κ1) is 9.77. The Labute approximate surface area is 84.0 Å². The van der Waals surface area contributed by atoms with Crippen LogP contribution in [0.2, 0.25) is 0 Å². The Kier molecular flexibility index (Phi) is 2.18. The molecule has 1 heterocycles. The molecule has 2 fully saturated rings. The summed E-state index contributed by atoms with van der Waals surface area (Å²) in [6.45, 7) is 7.16. The van der Waals surface area contributed by atoms with Crippen LogP contribution in [0.1, 0.15) is 20.8 Å². The molecule has 1 aliphatic heterocycles. The highest BCUT2D eigenvalue weighted by Gasteiger charge is 2.55. The number of hydrogen-bond acceptors (Lipinski definition) is 3. The molecular weight excluding hydrogens is 182 g/mol. The predicted molar refractivity (Wildman–Crippen MR) is 51.0 cm³/mol. The number of hydrogen-bond donors (Lipinski definition) is 1. The lowest BCUT2D eigenvalue weighted by molar-refractivity contribution is 0.0503. The number of rotatable bonds is 1. The molecule has 2 rings (SSSR count). The van der Waals surface area contributed by atoms with E-state index >= 15 is 0 Å². The summed E-state index contributed by atoms with van der Waals surface area (Å²) in [5, 5.41) is 2.87. The van der Waals surface area contributed by atoms with Crippen LogP contribution in [-0.2, 0) is 9.47 Å². The molecule has 2 atom stereocenters. The van der Waals surface area contributed by atoms with E-state index in [1.807, 2.05) is 20.8 Å². The van der Waals surface area contributed by atoms with Crippen LogP contribution in [0.3, 0.4) is 0 Å². The number of carbonyl (C=O) groups is 1. The molecule has 4 heteroatoms. The Morgan fingerprint density at radius 2 is 1.93 bits per heavy atom. The van der Waals surface area contributed by atoms with Crippen molar-refractivity contribution in [1.29, 1.82) is 0 Å². The van der Waals surface area contributed by atoms with Crippen LogP contribution in [0.15, 0.2) is 0 Å². The van der Waals surface area contributed by atoms with Crippen molar-refractivity contribution >= 4 is 6.09 Å². The first-order chi connectivity index (χ1) is 6.47. The Balaban J connectivity index is 1.74. The molecule has 0 aromatic heterocycles. The fourth-order valence-corrected chi connectivity index (χ4v) is 1.90. The summed E-state index contributed by atoms with van der Waals surface area (Å²) >= 11 is 0. The molecule has 1 saturated carbocycles. The second-order valence-corrected chi connectivity index (χ2v) is 5.04. The zero-order valence-corrected chi connectivity index (χ0v) is 8.87. The Morgan fingerprint density at radius 1 is 1.36 bits per heavy atom. The van der Waals surface area contributed by atoms with Crippen LogP contribution in [0.25, 0.3) is 0 Å². The molecule has 80 valence electrons. The topological polar surface area (TPSA) is 47.6 Å². The van der Waals surface area contributed by atoms with Crippen LogP contribution in [0, 0.1) is 11.8 Å². The van der Waals surface area contributed by atoms with Crippen LogP contribution in [-0.4, -0.2) is 30.9 Å². The van der Waals surface area contributed by atoms with Gasteiger partial charge in [0.15, 0.2) is 0 Å². The van der Waals surface area contributed by atoms with Crippen molar-refractivity contribution in [3.05, 3.63) is 0 Å². The molecule has 2 aliphatic rings. The van der Waals surface area contributed by atoms with E-state index in [9.17, 15) is 4.79 Å². The van der Waals surface area contributed by atoms with E-state index in [-0.39, 0.29) is 6.09 Å². The lowest BCUT2D eigenvalue weighted by Gasteiger charge is -2.20. The van der Waals surface area contributed by atoms with Crippen LogP contribution >= 0.6 is 0 Å². The van der Waals surface area contributed by atoms with Crippen molar-refractivity contribution in [2.45, 2.75) is 32.4 Å². The fourth-order valence-electron chi connectivity index (χ4n) is 1.90. The van der Waals surface area contributed by atoms with Crippen molar-refractivity contribution in [3.63, 3.8) is 0 Å². The third kappa shape index (κ3) is 2.00. The molecular formula is C10H17NO3. The maximum absolute atomic E-state index is 11.4. The number of nitrogens with one attached hydrogen (secondary N) is 1. The molecule has 4 nitrogen and oxygen atoms in total. The van der Waals surface area contributed by atoms with Gasteiger partial charge in [0.05, 0.1) is 13.2 Å². The summed E-state index contributed by atoms with van der Waals surface area (Å²) in [7, 11) is 0. The van der Waals surface area contributed by atoms with Crippen LogP contribution < -0.4 is 5.32 Å². The van der Waals surface area contributed by atoms with Gasteiger partial charge in [0.25, 0.3) is 0 Å². The highest BCUT2D eigenvalue weighted by Crippen LogP contribution is 2.44. The minimum absolute atomic E-state index is 0.290. The summed E-state index contributed by atoms with van der Waals surface area (Å²) in [4.78, 5) is 11.4. The number of alkyl carbamates (subject to hydrolysis) is 1. The molecule has 0 bridgehead atoms. The van der Waals surface area contributed by atoms with E-state index in [1.54, 1.807) is 0 Å². The van der Waals surface area contributed by atoms with E-state index in [0.717, 1.165) is 13.2 Å². The van der Waals surface area contributed by atoms with Crippen molar-refractivity contribution in [2.24, 2.45) is 11.8 Å². The summed E-state index contributed by atoms with van der Waals surface area (Å²) in [5.74, 6) is 1.06. The van der Waals surface area contributed by atoms with E-state index in [4.69, 9.17) is 9.47 Å². The minimum Gasteiger partial charge on any atom is -0.444 e. The molecule has 0 spiro atoms. The fraction of sp³-hybridized carbons (Fsp3) is 0.900. The number of ether oxygens (including phenoxy) is 2. The van der Waals surface area contributed by atoms with Crippen molar-refractivity contribution in [3.8, 4) is 0 Å². The number of carbonyl (C=O) groups excluding carboxylic acids is 1. The standard InChI is InChI=1S/C10H17NO3/c1-10(2,3)14-9(12)11-8-6-4-13-5-7(6)8/h6-8H,4-5H2,1-3H3,(H,11,12). The summed E-state index contributed by atoms with van der Waals surface area (Å²) < 4.78 is 10.4. The van der Waals surface area contributed by atoms with Crippen molar-refractivity contribution < 1.29 is 14.3 Å². The molecule has 14 heavy (non-hydrogen) atoms. The van der Waals surface area contributed by atoms with E-state index in [1.165, 1.54) is 0 Å². The zero-order chi connectivity index (χ0) is 10.3. The van der Waals surface area contributed by atoms with Gasteiger partial charge in [0, 0.05) is 17.9 Å². The summed E-state index contributed by atoms with van der Waals surface area (Å²) in [6, 6.07) is 0.290. The lowest BCUT2D eigenvalue weighted by Crippen LogP contribution is -2.35. The van der Waals surface area contributed by atoms with Gasteiger partial charge in [-0.05, 0) is 20.8 Å². The lowest BCUT2D eigenvalue weighted by atomic mass is 10.2.